The van der Waals surface area contributed by atoms with Gasteiger partial charge in [-0.2, -0.15) is 0 Å². The number of rotatable bonds is 3. The molecule has 0 aliphatic carbocycles. The van der Waals surface area contributed by atoms with Crippen LogP contribution in [0.15, 0.2) is 12.1 Å². The zero-order chi connectivity index (χ0) is 8.27. The van der Waals surface area contributed by atoms with Crippen molar-refractivity contribution >= 4 is 17.1 Å². The molecule has 1 N–H and O–H groups in total. The molecular formula is C8H10O2S. The fourth-order valence-corrected chi connectivity index (χ4v) is 1.70. The first-order valence-electron chi connectivity index (χ1n) is 3.44. The van der Waals surface area contributed by atoms with Gasteiger partial charge in [0.25, 0.3) is 0 Å². The van der Waals surface area contributed by atoms with Crippen molar-refractivity contribution in [3.8, 4) is 0 Å². The minimum absolute atomic E-state index is 0.0965. The van der Waals surface area contributed by atoms with Crippen molar-refractivity contribution in [3.63, 3.8) is 0 Å². The maximum atomic E-state index is 10.8. The van der Waals surface area contributed by atoms with E-state index in [1.807, 2.05) is 6.07 Å². The Hall–Kier alpha value is -0.670. The third-order valence-corrected chi connectivity index (χ3v) is 2.61. The van der Waals surface area contributed by atoms with Gasteiger partial charge in [0.05, 0.1) is 4.88 Å². The van der Waals surface area contributed by atoms with Gasteiger partial charge in [-0.25, -0.2) is 0 Å². The number of thiophene rings is 1. The van der Waals surface area contributed by atoms with Gasteiger partial charge in [0.15, 0.2) is 5.78 Å². The first-order chi connectivity index (χ1) is 5.24. The molecule has 0 radical (unpaired) electrons. The van der Waals surface area contributed by atoms with Crippen LogP contribution >= 0.6 is 11.3 Å². The van der Waals surface area contributed by atoms with E-state index in [2.05, 4.69) is 0 Å². The van der Waals surface area contributed by atoms with E-state index >= 15 is 0 Å². The molecule has 0 saturated heterocycles. The summed E-state index contributed by atoms with van der Waals surface area (Å²) in [6.07, 6.45) is 0.651. The van der Waals surface area contributed by atoms with Crippen LogP contribution in [-0.2, 0) is 6.42 Å². The van der Waals surface area contributed by atoms with E-state index in [0.29, 0.717) is 6.42 Å². The minimum Gasteiger partial charge on any atom is -0.396 e. The summed E-state index contributed by atoms with van der Waals surface area (Å²) in [7, 11) is 0. The predicted octanol–water partition coefficient (Wildman–Crippen LogP) is 1.49. The Bertz CT molecular complexity index is 252. The molecule has 3 heteroatoms. The fourth-order valence-electron chi connectivity index (χ4n) is 0.812. The van der Waals surface area contributed by atoms with Gasteiger partial charge in [0, 0.05) is 17.9 Å². The molecular weight excluding hydrogens is 160 g/mol. The molecule has 0 amide bonds. The van der Waals surface area contributed by atoms with Gasteiger partial charge in [-0.3, -0.25) is 4.79 Å². The molecule has 0 aromatic carbocycles. The van der Waals surface area contributed by atoms with Crippen LogP contribution in [0.1, 0.15) is 21.5 Å². The molecule has 0 spiro atoms. The Kier molecular flexibility index (Phi) is 2.79. The van der Waals surface area contributed by atoms with E-state index in [4.69, 9.17) is 5.11 Å². The summed E-state index contributed by atoms with van der Waals surface area (Å²) in [4.78, 5) is 12.6. The maximum Gasteiger partial charge on any atom is 0.169 e. The Morgan fingerprint density at radius 1 is 1.64 bits per heavy atom. The highest BCUT2D eigenvalue weighted by atomic mass is 32.1. The third kappa shape index (κ3) is 2.13. The van der Waals surface area contributed by atoms with Crippen LogP contribution in [0.4, 0.5) is 0 Å². The van der Waals surface area contributed by atoms with E-state index in [1.165, 1.54) is 11.3 Å². The van der Waals surface area contributed by atoms with Gasteiger partial charge in [-0.1, -0.05) is 0 Å². The first kappa shape index (κ1) is 8.43. The van der Waals surface area contributed by atoms with Crippen LogP contribution in [0.3, 0.4) is 0 Å². The normalized spacial score (nSPS) is 10.0. The lowest BCUT2D eigenvalue weighted by molar-refractivity contribution is 0.102. The van der Waals surface area contributed by atoms with Crippen LogP contribution in [0.5, 0.6) is 0 Å². The Morgan fingerprint density at radius 2 is 2.36 bits per heavy atom. The SMILES string of the molecule is CC(=O)c1ccc(CCO)s1. The molecule has 1 heterocycles. The van der Waals surface area contributed by atoms with Crippen molar-refractivity contribution in [2.75, 3.05) is 6.61 Å². The van der Waals surface area contributed by atoms with Crippen molar-refractivity contribution in [1.29, 1.82) is 0 Å². The molecule has 2 nitrogen and oxygen atoms in total. The molecule has 0 saturated carbocycles. The largest absolute Gasteiger partial charge is 0.396 e. The monoisotopic (exact) mass is 170 g/mol. The van der Waals surface area contributed by atoms with Crippen molar-refractivity contribution < 1.29 is 9.90 Å². The summed E-state index contributed by atoms with van der Waals surface area (Å²) in [5.41, 5.74) is 0. The van der Waals surface area contributed by atoms with Crippen LogP contribution in [0.2, 0.25) is 0 Å². The summed E-state index contributed by atoms with van der Waals surface area (Å²) in [5.74, 6) is 0.0965. The van der Waals surface area contributed by atoms with E-state index in [0.717, 1.165) is 9.75 Å². The molecule has 1 rings (SSSR count). The lowest BCUT2D eigenvalue weighted by atomic mass is 10.3. The predicted molar refractivity (Wildman–Crippen MR) is 45.1 cm³/mol. The average molecular weight is 170 g/mol. The quantitative estimate of drug-likeness (QED) is 0.698. The number of hydrogen-bond donors (Lipinski definition) is 1. The number of hydrogen-bond acceptors (Lipinski definition) is 3. The Morgan fingerprint density at radius 3 is 2.82 bits per heavy atom. The number of aliphatic hydroxyl groups is 1. The van der Waals surface area contributed by atoms with Crippen LogP contribution in [-0.4, -0.2) is 17.5 Å². The zero-order valence-electron chi connectivity index (χ0n) is 6.33. The van der Waals surface area contributed by atoms with Crippen LogP contribution in [0.25, 0.3) is 0 Å². The molecule has 0 aliphatic rings. The molecule has 0 aliphatic heterocycles. The molecule has 0 fully saturated rings. The molecule has 60 valence electrons. The second kappa shape index (κ2) is 3.64. The lowest BCUT2D eigenvalue weighted by Crippen LogP contribution is -1.85. The highest BCUT2D eigenvalue weighted by Crippen LogP contribution is 2.16. The molecule has 1 aromatic heterocycles. The number of ketones is 1. The molecule has 0 unspecified atom stereocenters. The summed E-state index contributed by atoms with van der Waals surface area (Å²) < 4.78 is 0. The van der Waals surface area contributed by atoms with E-state index in [9.17, 15) is 4.79 Å². The third-order valence-electron chi connectivity index (χ3n) is 1.37. The standard InChI is InChI=1S/C8H10O2S/c1-6(10)8-3-2-7(11-8)4-5-9/h2-3,9H,4-5H2,1H3. The topological polar surface area (TPSA) is 37.3 Å². The second-order valence-electron chi connectivity index (χ2n) is 2.30. The van der Waals surface area contributed by atoms with E-state index < -0.39 is 0 Å². The molecule has 0 bridgehead atoms. The summed E-state index contributed by atoms with van der Waals surface area (Å²) in [6, 6.07) is 3.69. The van der Waals surface area contributed by atoms with Gasteiger partial charge < -0.3 is 5.11 Å². The van der Waals surface area contributed by atoms with E-state index in [-0.39, 0.29) is 12.4 Å². The van der Waals surface area contributed by atoms with Crippen molar-refractivity contribution in [3.05, 3.63) is 21.9 Å². The number of Topliss-reactive ketones (excluding diaryl/α,β-unsaturated/α-hetero) is 1. The van der Waals surface area contributed by atoms with Crippen LogP contribution < -0.4 is 0 Å². The van der Waals surface area contributed by atoms with Gasteiger partial charge >= 0.3 is 0 Å². The highest BCUT2D eigenvalue weighted by molar-refractivity contribution is 7.14. The average Bonchev–Trinajstić information content (AvgIpc) is 2.37. The first-order valence-corrected chi connectivity index (χ1v) is 4.26. The minimum atomic E-state index is 0.0965. The van der Waals surface area contributed by atoms with Crippen molar-refractivity contribution in [1.82, 2.24) is 0 Å². The van der Waals surface area contributed by atoms with Gasteiger partial charge in [0.2, 0.25) is 0 Å². The Balaban J connectivity index is 2.73. The van der Waals surface area contributed by atoms with Gasteiger partial charge in [-0.15, -0.1) is 11.3 Å². The zero-order valence-corrected chi connectivity index (χ0v) is 7.15. The lowest BCUT2D eigenvalue weighted by Gasteiger charge is -1.88. The fraction of sp³-hybridized carbons (Fsp3) is 0.375. The van der Waals surface area contributed by atoms with Crippen LogP contribution in [0, 0.1) is 0 Å². The van der Waals surface area contributed by atoms with E-state index in [1.54, 1.807) is 13.0 Å². The van der Waals surface area contributed by atoms with Gasteiger partial charge in [0.1, 0.15) is 0 Å². The summed E-state index contributed by atoms with van der Waals surface area (Å²) in [5, 5.41) is 8.59. The van der Waals surface area contributed by atoms with Crippen molar-refractivity contribution in [2.24, 2.45) is 0 Å². The maximum absolute atomic E-state index is 10.8. The number of aliphatic hydroxyl groups excluding tert-OH is 1. The molecule has 0 atom stereocenters. The molecule has 1 aromatic rings. The van der Waals surface area contributed by atoms with Crippen molar-refractivity contribution in [2.45, 2.75) is 13.3 Å². The smallest absolute Gasteiger partial charge is 0.169 e. The Labute approximate surface area is 69.5 Å². The van der Waals surface area contributed by atoms with Gasteiger partial charge in [-0.05, 0) is 19.1 Å². The summed E-state index contributed by atoms with van der Waals surface area (Å²) >= 11 is 1.46. The number of carbonyl (C=O) groups is 1. The molecule has 11 heavy (non-hydrogen) atoms. The number of carbonyl (C=O) groups excluding carboxylic acids is 1. The second-order valence-corrected chi connectivity index (χ2v) is 3.46. The summed E-state index contributed by atoms with van der Waals surface area (Å²) in [6.45, 7) is 1.70. The highest BCUT2D eigenvalue weighted by Gasteiger charge is 2.02.